The van der Waals surface area contributed by atoms with E-state index in [1.165, 1.54) is 17.0 Å². The number of amides is 2. The number of nitrogens with zero attached hydrogens (tertiary/aromatic N) is 2. The Morgan fingerprint density at radius 2 is 1.52 bits per heavy atom. The third kappa shape index (κ3) is 8.69. The number of hydrogen-bond acceptors (Lipinski definition) is 4. The van der Waals surface area contributed by atoms with Gasteiger partial charge >= 0.3 is 0 Å². The summed E-state index contributed by atoms with van der Waals surface area (Å²) in [6, 6.07) is 27.0. The van der Waals surface area contributed by atoms with Gasteiger partial charge in [0.1, 0.15) is 12.6 Å². The molecule has 1 N–H and O–H groups in total. The van der Waals surface area contributed by atoms with E-state index in [4.69, 9.17) is 23.2 Å². The summed E-state index contributed by atoms with van der Waals surface area (Å²) in [4.78, 5) is 29.6. The molecule has 0 unspecified atom stereocenters. The number of hydrogen-bond donors (Lipinski definition) is 1. The van der Waals surface area contributed by atoms with Crippen molar-refractivity contribution in [1.82, 2.24) is 10.2 Å². The summed E-state index contributed by atoms with van der Waals surface area (Å²) in [5.41, 5.74) is 3.67. The Hall–Kier alpha value is -3.85. The van der Waals surface area contributed by atoms with Crippen LogP contribution >= 0.6 is 23.2 Å². The Morgan fingerprint density at radius 3 is 2.11 bits per heavy atom. The van der Waals surface area contributed by atoms with E-state index in [1.54, 1.807) is 49.4 Å². The summed E-state index contributed by atoms with van der Waals surface area (Å²) in [5, 5.41) is 3.61. The van der Waals surface area contributed by atoms with Gasteiger partial charge in [-0.2, -0.15) is 0 Å². The molecule has 0 radical (unpaired) electrons. The Bertz CT molecular complexity index is 1750. The molecule has 0 fully saturated rings. The molecule has 0 saturated heterocycles. The molecule has 0 aliphatic carbocycles. The predicted molar refractivity (Wildman–Crippen MR) is 186 cm³/mol. The number of rotatable bonds is 13. The highest BCUT2D eigenvalue weighted by Gasteiger charge is 2.34. The molecule has 2 amide bonds. The lowest BCUT2D eigenvalue weighted by Gasteiger charge is -2.34. The lowest BCUT2D eigenvalue weighted by atomic mass is 10.0. The zero-order chi connectivity index (χ0) is 33.4. The van der Waals surface area contributed by atoms with Crippen LogP contribution in [-0.4, -0.2) is 44.3 Å². The number of anilines is 1. The third-order valence-corrected chi connectivity index (χ3v) is 10.1. The number of carbonyl (C=O) groups excluding carboxylic acids is 2. The highest BCUT2D eigenvalue weighted by Crippen LogP contribution is 2.28. The van der Waals surface area contributed by atoms with Crippen molar-refractivity contribution in [3.05, 3.63) is 129 Å². The van der Waals surface area contributed by atoms with Crippen molar-refractivity contribution in [3.63, 3.8) is 0 Å². The number of halogens is 2. The molecule has 0 spiro atoms. The van der Waals surface area contributed by atoms with Crippen molar-refractivity contribution in [2.45, 2.75) is 57.5 Å². The maximum atomic E-state index is 14.5. The number of aryl methyl sites for hydroxylation is 1. The van der Waals surface area contributed by atoms with Gasteiger partial charge in [-0.05, 0) is 72.9 Å². The predicted octanol–water partition coefficient (Wildman–Crippen LogP) is 7.40. The molecule has 1 atom stereocenters. The van der Waals surface area contributed by atoms with Gasteiger partial charge in [0.2, 0.25) is 11.8 Å². The fourth-order valence-electron chi connectivity index (χ4n) is 5.07. The lowest BCUT2D eigenvalue weighted by Crippen LogP contribution is -2.53. The van der Waals surface area contributed by atoms with Gasteiger partial charge in [0.25, 0.3) is 10.0 Å². The molecule has 7 nitrogen and oxygen atoms in total. The molecule has 4 aromatic carbocycles. The molecule has 4 aromatic rings. The van der Waals surface area contributed by atoms with Crippen molar-refractivity contribution in [2.75, 3.05) is 17.4 Å². The van der Waals surface area contributed by atoms with E-state index in [0.29, 0.717) is 27.8 Å². The van der Waals surface area contributed by atoms with Crippen LogP contribution < -0.4 is 9.62 Å². The van der Waals surface area contributed by atoms with Gasteiger partial charge in [0, 0.05) is 29.6 Å². The van der Waals surface area contributed by atoms with E-state index in [-0.39, 0.29) is 29.7 Å². The molecule has 0 aliphatic heterocycles. The number of nitrogens with one attached hydrogen (secondary N) is 1. The van der Waals surface area contributed by atoms with Gasteiger partial charge in [-0.25, -0.2) is 8.42 Å². The summed E-state index contributed by atoms with van der Waals surface area (Å²) in [6.07, 6.45) is 0.206. The summed E-state index contributed by atoms with van der Waals surface area (Å²) >= 11 is 12.7. The van der Waals surface area contributed by atoms with Crippen molar-refractivity contribution in [1.29, 1.82) is 0 Å². The molecule has 46 heavy (non-hydrogen) atoms. The fraction of sp³-hybridized carbons (Fsp3) is 0.278. The number of carbonyl (C=O) groups is 2. The maximum absolute atomic E-state index is 14.5. The topological polar surface area (TPSA) is 86.8 Å². The SMILES string of the molecule is CCNC(=O)[C@H](Cc1ccccc1)N(Cc1ccc(Cl)cc1Cl)C(=O)CN(c1ccc(C(C)C)cc1)S(=O)(=O)c1ccc(C)cc1. The van der Waals surface area contributed by atoms with Gasteiger partial charge < -0.3 is 10.2 Å². The van der Waals surface area contributed by atoms with E-state index in [1.807, 2.05) is 63.2 Å². The number of sulfonamides is 1. The highest BCUT2D eigenvalue weighted by molar-refractivity contribution is 7.92. The molecule has 0 heterocycles. The van der Waals surface area contributed by atoms with Gasteiger partial charge in [0.05, 0.1) is 10.6 Å². The smallest absolute Gasteiger partial charge is 0.264 e. The molecule has 0 aliphatic rings. The van der Waals surface area contributed by atoms with Gasteiger partial charge in [-0.3, -0.25) is 13.9 Å². The van der Waals surface area contributed by atoms with Crippen LogP contribution in [0, 0.1) is 6.92 Å². The molecule has 10 heteroatoms. The van der Waals surface area contributed by atoms with Gasteiger partial charge in [-0.1, -0.05) is 103 Å². The normalized spacial score (nSPS) is 12.1. The van der Waals surface area contributed by atoms with Crippen LogP contribution in [0.5, 0.6) is 0 Å². The van der Waals surface area contributed by atoms with Crippen LogP contribution in [0.1, 0.15) is 48.9 Å². The first-order chi connectivity index (χ1) is 21.9. The number of benzene rings is 4. The van der Waals surface area contributed by atoms with E-state index in [0.717, 1.165) is 21.0 Å². The Kier molecular flexibility index (Phi) is 11.9. The second-order valence-corrected chi connectivity index (χ2v) is 14.1. The van der Waals surface area contributed by atoms with Crippen LogP contribution in [0.3, 0.4) is 0 Å². The molecule has 0 bridgehead atoms. The maximum Gasteiger partial charge on any atom is 0.264 e. The van der Waals surface area contributed by atoms with Crippen molar-refractivity contribution in [2.24, 2.45) is 0 Å². The minimum atomic E-state index is -4.19. The molecule has 0 aromatic heterocycles. The average molecular weight is 681 g/mol. The van der Waals surface area contributed by atoms with Crippen LogP contribution in [0.2, 0.25) is 10.0 Å². The van der Waals surface area contributed by atoms with Gasteiger partial charge in [0.15, 0.2) is 0 Å². The van der Waals surface area contributed by atoms with E-state index >= 15 is 0 Å². The van der Waals surface area contributed by atoms with Crippen molar-refractivity contribution in [3.8, 4) is 0 Å². The Morgan fingerprint density at radius 1 is 0.870 bits per heavy atom. The third-order valence-electron chi connectivity index (χ3n) is 7.71. The van der Waals surface area contributed by atoms with E-state index in [9.17, 15) is 18.0 Å². The zero-order valence-corrected chi connectivity index (χ0v) is 28.7. The van der Waals surface area contributed by atoms with Crippen LogP contribution in [0.4, 0.5) is 5.69 Å². The first kappa shape index (κ1) is 35.0. The first-order valence-electron chi connectivity index (χ1n) is 15.1. The average Bonchev–Trinajstić information content (AvgIpc) is 3.03. The molecule has 4 rings (SSSR count). The summed E-state index contributed by atoms with van der Waals surface area (Å²) in [6.45, 7) is 7.53. The second kappa shape index (κ2) is 15.6. The molecule has 0 saturated carbocycles. The van der Waals surface area contributed by atoms with Crippen LogP contribution in [-0.2, 0) is 32.6 Å². The highest BCUT2D eigenvalue weighted by atomic mass is 35.5. The van der Waals surface area contributed by atoms with Crippen LogP contribution in [0.25, 0.3) is 0 Å². The quantitative estimate of drug-likeness (QED) is 0.160. The summed E-state index contributed by atoms with van der Waals surface area (Å²) < 4.78 is 29.5. The van der Waals surface area contributed by atoms with Crippen LogP contribution in [0.15, 0.2) is 102 Å². The van der Waals surface area contributed by atoms with Crippen molar-refractivity contribution < 1.29 is 18.0 Å². The molecular formula is C36H39Cl2N3O4S. The van der Waals surface area contributed by atoms with Gasteiger partial charge in [-0.15, -0.1) is 0 Å². The minimum absolute atomic E-state index is 0.0474. The fourth-order valence-corrected chi connectivity index (χ4v) is 6.95. The summed E-state index contributed by atoms with van der Waals surface area (Å²) in [5.74, 6) is -0.700. The molecular weight excluding hydrogens is 641 g/mol. The zero-order valence-electron chi connectivity index (χ0n) is 26.4. The monoisotopic (exact) mass is 679 g/mol. The summed E-state index contributed by atoms with van der Waals surface area (Å²) in [7, 11) is -4.19. The standard InChI is InChI=1S/C36H39Cl2N3O4S/c1-5-39-36(43)34(21-27-9-7-6-8-10-27)40(23-29-13-16-30(37)22-33(29)38)35(42)24-41(31-17-14-28(15-18-31)25(2)3)46(44,45)32-19-11-26(4)12-20-32/h6-20,22,25,34H,5,21,23-24H2,1-4H3,(H,39,43)/t34-/m0/s1. The first-order valence-corrected chi connectivity index (χ1v) is 17.3. The second-order valence-electron chi connectivity index (χ2n) is 11.4. The Labute approximate surface area is 282 Å². The molecule has 242 valence electrons. The number of likely N-dealkylation sites (N-methyl/N-ethyl adjacent to an activating group) is 1. The largest absolute Gasteiger partial charge is 0.355 e. The minimum Gasteiger partial charge on any atom is -0.355 e. The Balaban J connectivity index is 1.82. The van der Waals surface area contributed by atoms with E-state index < -0.39 is 28.5 Å². The van der Waals surface area contributed by atoms with E-state index in [2.05, 4.69) is 5.32 Å². The van der Waals surface area contributed by atoms with Crippen molar-refractivity contribution >= 4 is 50.7 Å². The lowest BCUT2D eigenvalue weighted by molar-refractivity contribution is -0.140.